The van der Waals surface area contributed by atoms with E-state index < -0.39 is 11.9 Å². The topological polar surface area (TPSA) is 60.4 Å². The van der Waals surface area contributed by atoms with Gasteiger partial charge in [-0.15, -0.1) is 0 Å². The molecule has 90 valence electrons. The Morgan fingerprint density at radius 2 is 1.94 bits per heavy atom. The molecular weight excluding hydrogens is 208 g/mol. The smallest absolute Gasteiger partial charge is 0.316 e. The predicted octanol–water partition coefficient (Wildman–Crippen LogP) is 1.51. The molecule has 1 rings (SSSR count). The van der Waals surface area contributed by atoms with Crippen LogP contribution in [-0.2, 0) is 19.1 Å². The van der Waals surface area contributed by atoms with Crippen molar-refractivity contribution in [3.05, 3.63) is 0 Å². The molecule has 0 bridgehead atoms. The number of hydrogen-bond acceptors (Lipinski definition) is 4. The SMILES string of the molecule is CCC(=O)C(CC(=O)CC1CC1)C(=O)OC. The second kappa shape index (κ2) is 5.77. The van der Waals surface area contributed by atoms with Gasteiger partial charge in [0.2, 0.25) is 0 Å². The molecule has 0 heterocycles. The number of ketones is 2. The number of ether oxygens (including phenoxy) is 1. The molecule has 1 fully saturated rings. The maximum atomic E-state index is 11.6. The van der Waals surface area contributed by atoms with Gasteiger partial charge in [-0.2, -0.15) is 0 Å². The largest absolute Gasteiger partial charge is 0.468 e. The first-order valence-corrected chi connectivity index (χ1v) is 5.70. The Kier molecular flexibility index (Phi) is 4.65. The van der Waals surface area contributed by atoms with Crippen LogP contribution in [0.3, 0.4) is 0 Å². The summed E-state index contributed by atoms with van der Waals surface area (Å²) in [6.07, 6.45) is 2.96. The van der Waals surface area contributed by atoms with E-state index in [4.69, 9.17) is 0 Å². The highest BCUT2D eigenvalue weighted by atomic mass is 16.5. The highest BCUT2D eigenvalue weighted by molar-refractivity contribution is 6.02. The molecule has 1 aliphatic rings. The second-order valence-corrected chi connectivity index (χ2v) is 4.29. The molecule has 0 aromatic heterocycles. The minimum absolute atomic E-state index is 0.000278. The Morgan fingerprint density at radius 1 is 1.31 bits per heavy atom. The number of carbonyl (C=O) groups is 3. The van der Waals surface area contributed by atoms with Gasteiger partial charge in [-0.25, -0.2) is 0 Å². The summed E-state index contributed by atoms with van der Waals surface area (Å²) < 4.78 is 4.54. The second-order valence-electron chi connectivity index (χ2n) is 4.29. The summed E-state index contributed by atoms with van der Waals surface area (Å²) in [4.78, 5) is 34.4. The number of rotatable bonds is 7. The van der Waals surface area contributed by atoms with Crippen LogP contribution in [0.1, 0.15) is 39.0 Å². The summed E-state index contributed by atoms with van der Waals surface area (Å²) in [7, 11) is 1.24. The molecular formula is C12H18O4. The van der Waals surface area contributed by atoms with Gasteiger partial charge in [0.05, 0.1) is 7.11 Å². The van der Waals surface area contributed by atoms with Crippen molar-refractivity contribution < 1.29 is 19.1 Å². The lowest BCUT2D eigenvalue weighted by molar-refractivity contribution is -0.151. The van der Waals surface area contributed by atoms with Crippen LogP contribution < -0.4 is 0 Å². The van der Waals surface area contributed by atoms with Crippen LogP contribution in [0.4, 0.5) is 0 Å². The number of Topliss-reactive ketones (excluding diaryl/α,β-unsaturated/α-hetero) is 2. The molecule has 0 spiro atoms. The van der Waals surface area contributed by atoms with Crippen LogP contribution >= 0.6 is 0 Å². The highest BCUT2D eigenvalue weighted by Crippen LogP contribution is 2.33. The van der Waals surface area contributed by atoms with Crippen molar-refractivity contribution >= 4 is 17.5 Å². The van der Waals surface area contributed by atoms with Crippen LogP contribution in [0.25, 0.3) is 0 Å². The van der Waals surface area contributed by atoms with Crippen LogP contribution in [0.2, 0.25) is 0 Å². The zero-order chi connectivity index (χ0) is 12.1. The maximum Gasteiger partial charge on any atom is 0.316 e. The molecule has 1 unspecified atom stereocenters. The Bertz CT molecular complexity index is 275. The summed E-state index contributed by atoms with van der Waals surface area (Å²) in [5.74, 6) is -1.20. The van der Waals surface area contributed by atoms with E-state index in [0.29, 0.717) is 12.3 Å². The number of methoxy groups -OCH3 is 1. The molecule has 0 N–H and O–H groups in total. The number of esters is 1. The van der Waals surface area contributed by atoms with E-state index in [1.54, 1.807) is 6.92 Å². The lowest BCUT2D eigenvalue weighted by Gasteiger charge is -2.11. The van der Waals surface area contributed by atoms with Crippen LogP contribution in [0, 0.1) is 11.8 Å². The molecule has 0 saturated heterocycles. The van der Waals surface area contributed by atoms with E-state index in [1.807, 2.05) is 0 Å². The minimum Gasteiger partial charge on any atom is -0.468 e. The van der Waals surface area contributed by atoms with Gasteiger partial charge >= 0.3 is 5.97 Å². The molecule has 4 heteroatoms. The molecule has 0 aliphatic heterocycles. The summed E-state index contributed by atoms with van der Waals surface area (Å²) in [5.41, 5.74) is 0. The van der Waals surface area contributed by atoms with E-state index in [-0.39, 0.29) is 24.4 Å². The third-order valence-electron chi connectivity index (χ3n) is 2.87. The Labute approximate surface area is 95.3 Å². The lowest BCUT2D eigenvalue weighted by Crippen LogP contribution is -2.27. The van der Waals surface area contributed by atoms with Crippen molar-refractivity contribution in [3.8, 4) is 0 Å². The van der Waals surface area contributed by atoms with E-state index in [0.717, 1.165) is 12.8 Å². The molecule has 16 heavy (non-hydrogen) atoms. The fourth-order valence-corrected chi connectivity index (χ4v) is 1.67. The summed E-state index contributed by atoms with van der Waals surface area (Å²) in [6, 6.07) is 0. The van der Waals surface area contributed by atoms with Gasteiger partial charge in [0.1, 0.15) is 17.5 Å². The van der Waals surface area contributed by atoms with Crippen molar-refractivity contribution in [2.24, 2.45) is 11.8 Å². The third kappa shape index (κ3) is 3.76. The summed E-state index contributed by atoms with van der Waals surface area (Å²) >= 11 is 0. The van der Waals surface area contributed by atoms with E-state index in [1.165, 1.54) is 7.11 Å². The van der Waals surface area contributed by atoms with E-state index in [9.17, 15) is 14.4 Å². The third-order valence-corrected chi connectivity index (χ3v) is 2.87. The normalized spacial score (nSPS) is 16.6. The number of carbonyl (C=O) groups excluding carboxylic acids is 3. The average Bonchev–Trinajstić information content (AvgIpc) is 3.07. The maximum absolute atomic E-state index is 11.6. The first-order chi connectivity index (χ1) is 7.58. The van der Waals surface area contributed by atoms with Gasteiger partial charge in [-0.3, -0.25) is 14.4 Å². The fraction of sp³-hybridized carbons (Fsp3) is 0.750. The fourth-order valence-electron chi connectivity index (χ4n) is 1.67. The lowest BCUT2D eigenvalue weighted by atomic mass is 9.94. The van der Waals surface area contributed by atoms with Crippen molar-refractivity contribution in [2.75, 3.05) is 7.11 Å². The molecule has 0 amide bonds. The summed E-state index contributed by atoms with van der Waals surface area (Å²) in [6.45, 7) is 1.68. The molecule has 1 atom stereocenters. The molecule has 0 aromatic rings. The molecule has 0 radical (unpaired) electrons. The summed E-state index contributed by atoms with van der Waals surface area (Å²) in [5, 5.41) is 0. The van der Waals surface area contributed by atoms with Crippen LogP contribution in [0.15, 0.2) is 0 Å². The van der Waals surface area contributed by atoms with Gasteiger partial charge in [-0.05, 0) is 18.8 Å². The van der Waals surface area contributed by atoms with Gasteiger partial charge < -0.3 is 4.74 Å². The van der Waals surface area contributed by atoms with Crippen molar-refractivity contribution in [1.29, 1.82) is 0 Å². The van der Waals surface area contributed by atoms with E-state index in [2.05, 4.69) is 4.74 Å². The standard InChI is InChI=1S/C12H18O4/c1-3-11(14)10(12(15)16-2)7-9(13)6-8-4-5-8/h8,10H,3-7H2,1-2H3. The predicted molar refractivity (Wildman–Crippen MR) is 57.8 cm³/mol. The molecule has 4 nitrogen and oxygen atoms in total. The Balaban J connectivity index is 2.50. The van der Waals surface area contributed by atoms with Gasteiger partial charge in [-0.1, -0.05) is 6.92 Å². The van der Waals surface area contributed by atoms with Gasteiger partial charge in [0, 0.05) is 19.3 Å². The zero-order valence-corrected chi connectivity index (χ0v) is 9.82. The first-order valence-electron chi connectivity index (χ1n) is 5.70. The molecule has 1 saturated carbocycles. The zero-order valence-electron chi connectivity index (χ0n) is 9.82. The van der Waals surface area contributed by atoms with E-state index >= 15 is 0 Å². The highest BCUT2D eigenvalue weighted by Gasteiger charge is 2.31. The molecule has 0 aromatic carbocycles. The van der Waals surface area contributed by atoms with Crippen molar-refractivity contribution in [3.63, 3.8) is 0 Å². The Hall–Kier alpha value is -1.19. The monoisotopic (exact) mass is 226 g/mol. The number of hydrogen-bond donors (Lipinski definition) is 0. The van der Waals surface area contributed by atoms with Crippen molar-refractivity contribution in [2.45, 2.75) is 39.0 Å². The average molecular weight is 226 g/mol. The molecule has 1 aliphatic carbocycles. The minimum atomic E-state index is -0.888. The van der Waals surface area contributed by atoms with Crippen LogP contribution in [-0.4, -0.2) is 24.6 Å². The van der Waals surface area contributed by atoms with Crippen LogP contribution in [0.5, 0.6) is 0 Å². The van der Waals surface area contributed by atoms with Gasteiger partial charge in [0.25, 0.3) is 0 Å². The van der Waals surface area contributed by atoms with Gasteiger partial charge in [0.15, 0.2) is 0 Å². The van der Waals surface area contributed by atoms with Crippen molar-refractivity contribution in [1.82, 2.24) is 0 Å². The Morgan fingerprint density at radius 3 is 2.38 bits per heavy atom. The quantitative estimate of drug-likeness (QED) is 0.487. The first kappa shape index (κ1) is 12.9.